The zero-order valence-electron chi connectivity index (χ0n) is 16.2. The molecule has 1 saturated heterocycles. The van der Waals surface area contributed by atoms with Crippen LogP contribution in [0.2, 0.25) is 0 Å². The van der Waals surface area contributed by atoms with E-state index in [0.29, 0.717) is 12.3 Å². The number of carbonyl (C=O) groups is 1. The van der Waals surface area contributed by atoms with Gasteiger partial charge >= 0.3 is 0 Å². The van der Waals surface area contributed by atoms with Crippen molar-refractivity contribution in [1.29, 1.82) is 0 Å². The van der Waals surface area contributed by atoms with Gasteiger partial charge < -0.3 is 4.90 Å². The van der Waals surface area contributed by atoms with E-state index in [1.165, 1.54) is 25.7 Å². The number of rotatable bonds is 6. The third kappa shape index (κ3) is 4.60. The topological polar surface area (TPSA) is 45.6 Å². The number of aliphatic imine (C=N–C) groups is 1. The van der Waals surface area contributed by atoms with E-state index in [2.05, 4.69) is 18.0 Å². The second kappa shape index (κ2) is 9.11. The van der Waals surface area contributed by atoms with Crippen LogP contribution in [0.1, 0.15) is 64.4 Å². The van der Waals surface area contributed by atoms with Gasteiger partial charge in [0.2, 0.25) is 5.91 Å². The monoisotopic (exact) mass is 353 g/mol. The summed E-state index contributed by atoms with van der Waals surface area (Å²) < 4.78 is 0. The lowest BCUT2D eigenvalue weighted by molar-refractivity contribution is -0.133. The Hall–Kier alpha value is -1.97. The molecule has 1 atom stereocenters. The standard InChI is InChI=1S/C22H31N3O/c1-3-11-24-21(19-8-12-23-13-9-19)15-17(2)25-14-10-20(16-22(25)26)18-6-4-5-7-18/h8-9,12-13,15,18,20H,3-7,10-11,14,16H2,1-2H3/b17-15+,24-21?. The Bertz CT molecular complexity index is 659. The molecule has 4 heteroatoms. The summed E-state index contributed by atoms with van der Waals surface area (Å²) in [5.41, 5.74) is 3.00. The number of carbonyl (C=O) groups excluding carboxylic acids is 1. The Balaban J connectivity index is 1.72. The van der Waals surface area contributed by atoms with E-state index in [0.717, 1.165) is 48.8 Å². The fraction of sp³-hybridized carbons (Fsp3) is 0.591. The minimum atomic E-state index is 0.284. The van der Waals surface area contributed by atoms with Crippen LogP contribution in [0.15, 0.2) is 41.3 Å². The third-order valence-electron chi connectivity index (χ3n) is 5.78. The van der Waals surface area contributed by atoms with E-state index >= 15 is 0 Å². The van der Waals surface area contributed by atoms with Gasteiger partial charge in [-0.25, -0.2) is 0 Å². The maximum atomic E-state index is 12.8. The number of allylic oxidation sites excluding steroid dienone is 2. The summed E-state index contributed by atoms with van der Waals surface area (Å²) in [7, 11) is 0. The van der Waals surface area contributed by atoms with E-state index in [1.807, 2.05) is 24.0 Å². The molecule has 4 nitrogen and oxygen atoms in total. The molecule has 0 aromatic carbocycles. The molecule has 2 heterocycles. The van der Waals surface area contributed by atoms with Crippen molar-refractivity contribution >= 4 is 11.6 Å². The van der Waals surface area contributed by atoms with Crippen molar-refractivity contribution in [2.75, 3.05) is 13.1 Å². The Kier molecular flexibility index (Phi) is 6.59. The summed E-state index contributed by atoms with van der Waals surface area (Å²) >= 11 is 0. The van der Waals surface area contributed by atoms with E-state index in [1.54, 1.807) is 12.4 Å². The molecule has 0 N–H and O–H groups in total. The van der Waals surface area contributed by atoms with Crippen molar-refractivity contribution in [1.82, 2.24) is 9.88 Å². The summed E-state index contributed by atoms with van der Waals surface area (Å²) in [6.45, 7) is 5.80. The number of amides is 1. The third-order valence-corrected chi connectivity index (χ3v) is 5.78. The van der Waals surface area contributed by atoms with Crippen LogP contribution < -0.4 is 0 Å². The lowest BCUT2D eigenvalue weighted by Crippen LogP contribution is -2.39. The van der Waals surface area contributed by atoms with Crippen LogP contribution >= 0.6 is 0 Å². The van der Waals surface area contributed by atoms with Crippen molar-refractivity contribution < 1.29 is 4.79 Å². The van der Waals surface area contributed by atoms with Crippen LogP contribution in [-0.2, 0) is 4.79 Å². The molecule has 2 aliphatic rings. The van der Waals surface area contributed by atoms with Crippen molar-refractivity contribution in [2.24, 2.45) is 16.8 Å². The predicted octanol–water partition coefficient (Wildman–Crippen LogP) is 4.61. The summed E-state index contributed by atoms with van der Waals surface area (Å²) in [4.78, 5) is 23.6. The maximum absolute atomic E-state index is 12.8. The number of piperidine rings is 1. The fourth-order valence-electron chi connectivity index (χ4n) is 4.31. The van der Waals surface area contributed by atoms with Crippen molar-refractivity contribution in [3.8, 4) is 0 Å². The highest BCUT2D eigenvalue weighted by Crippen LogP contribution is 2.37. The zero-order chi connectivity index (χ0) is 18.4. The van der Waals surface area contributed by atoms with Crippen LogP contribution in [0.3, 0.4) is 0 Å². The van der Waals surface area contributed by atoms with Gasteiger partial charge in [0.15, 0.2) is 0 Å². The summed E-state index contributed by atoms with van der Waals surface area (Å²) in [5, 5.41) is 0. The number of aromatic nitrogens is 1. The van der Waals surface area contributed by atoms with E-state index < -0.39 is 0 Å². The first-order chi connectivity index (χ1) is 12.7. The van der Waals surface area contributed by atoms with E-state index in [4.69, 9.17) is 4.99 Å². The molecule has 1 amide bonds. The maximum Gasteiger partial charge on any atom is 0.227 e. The Labute approximate surface area is 157 Å². The molecule has 26 heavy (non-hydrogen) atoms. The van der Waals surface area contributed by atoms with Gasteiger partial charge in [0.25, 0.3) is 0 Å². The zero-order valence-corrected chi connectivity index (χ0v) is 16.2. The van der Waals surface area contributed by atoms with E-state index in [-0.39, 0.29) is 5.91 Å². The highest BCUT2D eigenvalue weighted by Gasteiger charge is 2.33. The van der Waals surface area contributed by atoms with Gasteiger partial charge in [0.05, 0.1) is 5.71 Å². The molecule has 3 rings (SSSR count). The molecule has 1 saturated carbocycles. The van der Waals surface area contributed by atoms with Crippen LogP contribution in [0.25, 0.3) is 0 Å². The average molecular weight is 354 g/mol. The quantitative estimate of drug-likeness (QED) is 0.701. The number of nitrogens with zero attached hydrogens (tertiary/aromatic N) is 3. The smallest absolute Gasteiger partial charge is 0.227 e. The molecule has 1 aliphatic carbocycles. The highest BCUT2D eigenvalue weighted by molar-refractivity contribution is 6.09. The molecule has 1 unspecified atom stereocenters. The molecular formula is C22H31N3O. The molecule has 140 valence electrons. The van der Waals surface area contributed by atoms with Gasteiger partial charge in [0.1, 0.15) is 0 Å². The summed E-state index contributed by atoms with van der Waals surface area (Å²) in [5.74, 6) is 1.66. The van der Waals surface area contributed by atoms with Gasteiger partial charge in [-0.15, -0.1) is 0 Å². The van der Waals surface area contributed by atoms with Crippen molar-refractivity contribution in [2.45, 2.75) is 58.8 Å². The molecule has 2 fully saturated rings. The summed E-state index contributed by atoms with van der Waals surface area (Å²) in [6, 6.07) is 3.96. The molecule has 1 aliphatic heterocycles. The lowest BCUT2D eigenvalue weighted by Gasteiger charge is -2.35. The first kappa shape index (κ1) is 18.8. The second-order valence-electron chi connectivity index (χ2n) is 7.63. The van der Waals surface area contributed by atoms with Crippen LogP contribution in [0.5, 0.6) is 0 Å². The molecule has 0 bridgehead atoms. The number of hydrogen-bond donors (Lipinski definition) is 0. The highest BCUT2D eigenvalue weighted by atomic mass is 16.2. The molecule has 1 aromatic heterocycles. The van der Waals surface area contributed by atoms with Gasteiger partial charge in [-0.05, 0) is 49.8 Å². The Morgan fingerprint density at radius 3 is 2.62 bits per heavy atom. The normalized spacial score (nSPS) is 22.9. The molecule has 0 spiro atoms. The Morgan fingerprint density at radius 1 is 1.23 bits per heavy atom. The molecule has 0 radical (unpaired) electrons. The van der Waals surface area contributed by atoms with Gasteiger partial charge in [-0.2, -0.15) is 0 Å². The van der Waals surface area contributed by atoms with E-state index in [9.17, 15) is 4.79 Å². The first-order valence-electron chi connectivity index (χ1n) is 10.1. The van der Waals surface area contributed by atoms with Crippen LogP contribution in [0.4, 0.5) is 0 Å². The van der Waals surface area contributed by atoms with Crippen molar-refractivity contribution in [3.63, 3.8) is 0 Å². The SMILES string of the molecule is CCCN=C(/C=C(\C)N1CCC(C2CCCC2)CC1=O)c1ccncc1. The van der Waals surface area contributed by atoms with Gasteiger partial charge in [0, 0.05) is 43.2 Å². The lowest BCUT2D eigenvalue weighted by atomic mass is 9.83. The number of pyridine rings is 1. The minimum absolute atomic E-state index is 0.284. The van der Waals surface area contributed by atoms with Gasteiger partial charge in [-0.1, -0.05) is 32.6 Å². The van der Waals surface area contributed by atoms with Crippen LogP contribution in [0, 0.1) is 11.8 Å². The molecule has 1 aromatic rings. The van der Waals surface area contributed by atoms with Crippen molar-refractivity contribution in [3.05, 3.63) is 41.9 Å². The second-order valence-corrected chi connectivity index (χ2v) is 7.63. The minimum Gasteiger partial charge on any atom is -0.316 e. The number of hydrogen-bond acceptors (Lipinski definition) is 3. The predicted molar refractivity (Wildman–Crippen MR) is 106 cm³/mol. The first-order valence-corrected chi connectivity index (χ1v) is 10.1. The summed E-state index contributed by atoms with van der Waals surface area (Å²) in [6.07, 6.45) is 13.8. The molecular weight excluding hydrogens is 322 g/mol. The average Bonchev–Trinajstić information content (AvgIpc) is 3.20. The van der Waals surface area contributed by atoms with Crippen LogP contribution in [-0.4, -0.2) is 34.6 Å². The fourth-order valence-corrected chi connectivity index (χ4v) is 4.31. The number of likely N-dealkylation sites (tertiary alicyclic amines) is 1. The Morgan fingerprint density at radius 2 is 1.96 bits per heavy atom. The largest absolute Gasteiger partial charge is 0.316 e. The van der Waals surface area contributed by atoms with Gasteiger partial charge in [-0.3, -0.25) is 14.8 Å².